The van der Waals surface area contributed by atoms with Crippen molar-refractivity contribution in [3.05, 3.63) is 48.0 Å². The molecule has 0 bridgehead atoms. The Balaban J connectivity index is 1.43. The summed E-state index contributed by atoms with van der Waals surface area (Å²) in [5.41, 5.74) is 2.32. The fourth-order valence-electron chi connectivity index (χ4n) is 4.07. The molecule has 2 heterocycles. The van der Waals surface area contributed by atoms with E-state index in [1.54, 1.807) is 30.3 Å². The van der Waals surface area contributed by atoms with Gasteiger partial charge < -0.3 is 14.8 Å². The molecule has 0 spiro atoms. The molecule has 1 amide bonds. The van der Waals surface area contributed by atoms with E-state index in [1.165, 1.54) is 20.2 Å². The molecule has 1 aliphatic rings. The number of sulfonamides is 1. The monoisotopic (exact) mass is 473 g/mol. The Bertz CT molecular complexity index is 1300. The number of amides is 1. The first-order valence-corrected chi connectivity index (χ1v) is 12.3. The number of nitrogens with zero attached hydrogens (tertiary/aromatic N) is 4. The van der Waals surface area contributed by atoms with Crippen LogP contribution in [0.25, 0.3) is 11.0 Å². The van der Waals surface area contributed by atoms with E-state index in [4.69, 9.17) is 0 Å². The minimum Gasteiger partial charge on any atom is -0.369 e. The molecule has 176 valence electrons. The minimum absolute atomic E-state index is 0.162. The molecule has 1 saturated heterocycles. The maximum absolute atomic E-state index is 14.5. The summed E-state index contributed by atoms with van der Waals surface area (Å²) in [5, 5.41) is 2.75. The van der Waals surface area contributed by atoms with Crippen LogP contribution in [0.3, 0.4) is 0 Å². The number of aromatic nitrogens is 2. The standard InChI is InChI=1S/C23H28FN5O3S/c1-27(2)33(31,32)17-7-9-21-19(15-17)26-22(28(21)3)10-11-23(30)25-16-6-8-20(18(24)14-16)29-12-4-5-13-29/h6-9,14-15H,4-5,10-13H2,1-3H3,(H,25,30). The van der Waals surface area contributed by atoms with E-state index in [0.717, 1.165) is 35.8 Å². The molecule has 3 aromatic rings. The largest absolute Gasteiger partial charge is 0.369 e. The molecule has 8 nitrogen and oxygen atoms in total. The Hall–Kier alpha value is -2.98. The van der Waals surface area contributed by atoms with Crippen LogP contribution < -0.4 is 10.2 Å². The predicted octanol–water partition coefficient (Wildman–Crippen LogP) is 3.13. The van der Waals surface area contributed by atoms with Crippen LogP contribution in [-0.2, 0) is 28.3 Å². The van der Waals surface area contributed by atoms with Crippen molar-refractivity contribution in [2.45, 2.75) is 30.6 Å². The van der Waals surface area contributed by atoms with Crippen molar-refractivity contribution in [1.82, 2.24) is 13.9 Å². The zero-order valence-electron chi connectivity index (χ0n) is 19.0. The molecule has 2 aromatic carbocycles. The summed E-state index contributed by atoms with van der Waals surface area (Å²) >= 11 is 0. The van der Waals surface area contributed by atoms with E-state index < -0.39 is 10.0 Å². The van der Waals surface area contributed by atoms with E-state index in [-0.39, 0.29) is 23.0 Å². The second-order valence-corrected chi connectivity index (χ2v) is 10.6. The lowest BCUT2D eigenvalue weighted by atomic mass is 10.2. The van der Waals surface area contributed by atoms with Crippen molar-refractivity contribution in [3.63, 3.8) is 0 Å². The molecule has 10 heteroatoms. The van der Waals surface area contributed by atoms with Crippen molar-refractivity contribution >= 4 is 38.3 Å². The second kappa shape index (κ2) is 9.11. The number of carbonyl (C=O) groups excluding carboxylic acids is 1. The average molecular weight is 474 g/mol. The van der Waals surface area contributed by atoms with Crippen LogP contribution in [0.5, 0.6) is 0 Å². The number of benzene rings is 2. The first-order chi connectivity index (χ1) is 15.7. The van der Waals surface area contributed by atoms with Crippen molar-refractivity contribution in [2.24, 2.45) is 7.05 Å². The summed E-state index contributed by atoms with van der Waals surface area (Å²) in [7, 11) is 1.23. The summed E-state index contributed by atoms with van der Waals surface area (Å²) in [4.78, 5) is 19.2. The van der Waals surface area contributed by atoms with Crippen LogP contribution in [0.2, 0.25) is 0 Å². The molecule has 1 aliphatic heterocycles. The highest BCUT2D eigenvalue weighted by Crippen LogP contribution is 2.26. The number of carbonyl (C=O) groups is 1. The summed E-state index contributed by atoms with van der Waals surface area (Å²) < 4.78 is 42.3. The number of nitrogens with one attached hydrogen (secondary N) is 1. The highest BCUT2D eigenvalue weighted by Gasteiger charge is 2.20. The molecular formula is C23H28FN5O3S. The summed E-state index contributed by atoms with van der Waals surface area (Å²) in [6, 6.07) is 9.59. The molecule has 1 aromatic heterocycles. The summed E-state index contributed by atoms with van der Waals surface area (Å²) in [5.74, 6) is 0.0786. The second-order valence-electron chi connectivity index (χ2n) is 8.43. The normalized spacial score (nSPS) is 14.4. The van der Waals surface area contributed by atoms with E-state index in [9.17, 15) is 17.6 Å². The van der Waals surface area contributed by atoms with E-state index >= 15 is 0 Å². The fourth-order valence-corrected chi connectivity index (χ4v) is 4.99. The van der Waals surface area contributed by atoms with Gasteiger partial charge in [0.05, 0.1) is 21.6 Å². The van der Waals surface area contributed by atoms with Crippen LogP contribution in [0.15, 0.2) is 41.3 Å². The maximum Gasteiger partial charge on any atom is 0.242 e. The highest BCUT2D eigenvalue weighted by molar-refractivity contribution is 7.89. The van der Waals surface area contributed by atoms with Crippen LogP contribution in [-0.4, -0.2) is 55.4 Å². The van der Waals surface area contributed by atoms with Gasteiger partial charge in [-0.3, -0.25) is 4.79 Å². The first-order valence-electron chi connectivity index (χ1n) is 10.9. The van der Waals surface area contributed by atoms with Crippen molar-refractivity contribution in [3.8, 4) is 0 Å². The molecule has 0 unspecified atom stereocenters. The number of anilines is 2. The number of hydrogen-bond donors (Lipinski definition) is 1. The lowest BCUT2D eigenvalue weighted by Crippen LogP contribution is -2.22. The fraction of sp³-hybridized carbons (Fsp3) is 0.391. The predicted molar refractivity (Wildman–Crippen MR) is 126 cm³/mol. The van der Waals surface area contributed by atoms with E-state index in [0.29, 0.717) is 29.1 Å². The molecule has 33 heavy (non-hydrogen) atoms. The van der Waals surface area contributed by atoms with Gasteiger partial charge in [0, 0.05) is 52.8 Å². The summed E-state index contributed by atoms with van der Waals surface area (Å²) in [6.07, 6.45) is 2.65. The van der Waals surface area contributed by atoms with E-state index in [1.807, 2.05) is 16.5 Å². The zero-order chi connectivity index (χ0) is 23.8. The quantitative estimate of drug-likeness (QED) is 0.570. The molecule has 4 rings (SSSR count). The number of imidazole rings is 1. The lowest BCUT2D eigenvalue weighted by Gasteiger charge is -2.18. The Morgan fingerprint density at radius 2 is 1.88 bits per heavy atom. The summed E-state index contributed by atoms with van der Waals surface area (Å²) in [6.45, 7) is 1.70. The van der Waals surface area contributed by atoms with Gasteiger partial charge in [0.25, 0.3) is 0 Å². The van der Waals surface area contributed by atoms with Gasteiger partial charge in [-0.15, -0.1) is 0 Å². The van der Waals surface area contributed by atoms with Crippen molar-refractivity contribution in [2.75, 3.05) is 37.4 Å². The molecule has 0 atom stereocenters. The number of aryl methyl sites for hydroxylation is 2. The van der Waals surface area contributed by atoms with Gasteiger partial charge in [-0.1, -0.05) is 0 Å². The molecule has 1 N–H and O–H groups in total. The van der Waals surface area contributed by atoms with Gasteiger partial charge in [-0.05, 0) is 49.2 Å². The van der Waals surface area contributed by atoms with Crippen molar-refractivity contribution in [1.29, 1.82) is 0 Å². The van der Waals surface area contributed by atoms with Gasteiger partial charge >= 0.3 is 0 Å². The SMILES string of the molecule is CN(C)S(=O)(=O)c1ccc2c(c1)nc(CCC(=O)Nc1ccc(N3CCCC3)c(F)c1)n2C. The van der Waals surface area contributed by atoms with Crippen LogP contribution in [0, 0.1) is 5.82 Å². The molecule has 1 fully saturated rings. The number of rotatable bonds is 7. The topological polar surface area (TPSA) is 87.5 Å². The van der Waals surface area contributed by atoms with Crippen LogP contribution in [0.4, 0.5) is 15.8 Å². The van der Waals surface area contributed by atoms with Gasteiger partial charge in [0.1, 0.15) is 11.6 Å². The van der Waals surface area contributed by atoms with E-state index in [2.05, 4.69) is 10.3 Å². The number of fused-ring (bicyclic) bond motifs is 1. The average Bonchev–Trinajstić information content (AvgIpc) is 3.40. The Morgan fingerprint density at radius 3 is 2.55 bits per heavy atom. The maximum atomic E-state index is 14.5. The highest BCUT2D eigenvalue weighted by atomic mass is 32.2. The van der Waals surface area contributed by atoms with Gasteiger partial charge in [-0.25, -0.2) is 22.1 Å². The Morgan fingerprint density at radius 1 is 1.15 bits per heavy atom. The Labute approximate surface area is 193 Å². The third kappa shape index (κ3) is 4.72. The Kier molecular flexibility index (Phi) is 6.40. The number of hydrogen-bond acceptors (Lipinski definition) is 5. The molecular weight excluding hydrogens is 445 g/mol. The lowest BCUT2D eigenvalue weighted by molar-refractivity contribution is -0.116. The first kappa shape index (κ1) is 23.2. The molecule has 0 radical (unpaired) electrons. The smallest absolute Gasteiger partial charge is 0.242 e. The molecule has 0 aliphatic carbocycles. The van der Waals surface area contributed by atoms with Gasteiger partial charge in [-0.2, -0.15) is 0 Å². The van der Waals surface area contributed by atoms with Gasteiger partial charge in [0.2, 0.25) is 15.9 Å². The third-order valence-electron chi connectivity index (χ3n) is 5.98. The third-order valence-corrected chi connectivity index (χ3v) is 7.79. The van der Waals surface area contributed by atoms with Crippen molar-refractivity contribution < 1.29 is 17.6 Å². The minimum atomic E-state index is -3.56. The van der Waals surface area contributed by atoms with Crippen LogP contribution >= 0.6 is 0 Å². The molecule has 0 saturated carbocycles. The number of halogens is 1. The zero-order valence-corrected chi connectivity index (χ0v) is 19.8. The van der Waals surface area contributed by atoms with Crippen LogP contribution in [0.1, 0.15) is 25.1 Å². The van der Waals surface area contributed by atoms with Gasteiger partial charge in [0.15, 0.2) is 0 Å².